The molecule has 17 heavy (non-hydrogen) atoms. The van der Waals surface area contributed by atoms with Gasteiger partial charge in [0, 0.05) is 13.5 Å². The van der Waals surface area contributed by atoms with Gasteiger partial charge in [0.2, 0.25) is 15.9 Å². The van der Waals surface area contributed by atoms with Gasteiger partial charge >= 0.3 is 0 Å². The zero-order chi connectivity index (χ0) is 13.1. The molecule has 1 saturated carbocycles. The summed E-state index contributed by atoms with van der Waals surface area (Å²) in [5.41, 5.74) is -0.231. The molecule has 0 radical (unpaired) electrons. The van der Waals surface area contributed by atoms with Crippen molar-refractivity contribution in [3.63, 3.8) is 0 Å². The number of hydrogen-bond donors (Lipinski definition) is 0. The first kappa shape index (κ1) is 12.9. The largest absolute Gasteiger partial charge is 0.274 e. The van der Waals surface area contributed by atoms with E-state index in [0.717, 1.165) is 17.1 Å². The van der Waals surface area contributed by atoms with Crippen LogP contribution in [0.3, 0.4) is 0 Å². The number of fused-ring (bicyclic) bond motifs is 2. The molecule has 0 spiro atoms. The quantitative estimate of drug-likeness (QED) is 0.664. The summed E-state index contributed by atoms with van der Waals surface area (Å²) >= 11 is 0. The lowest BCUT2D eigenvalue weighted by Crippen LogP contribution is -2.40. The molecule has 4 nitrogen and oxygen atoms in total. The molecule has 0 aromatic rings. The van der Waals surface area contributed by atoms with Crippen molar-refractivity contribution in [3.05, 3.63) is 0 Å². The zero-order valence-electron chi connectivity index (χ0n) is 11.0. The van der Waals surface area contributed by atoms with E-state index in [9.17, 15) is 13.2 Å². The van der Waals surface area contributed by atoms with Gasteiger partial charge < -0.3 is 0 Å². The van der Waals surface area contributed by atoms with E-state index in [1.165, 1.54) is 6.92 Å². The Morgan fingerprint density at radius 2 is 1.88 bits per heavy atom. The highest BCUT2D eigenvalue weighted by molar-refractivity contribution is 7.89. The average molecular weight is 259 g/mol. The third-order valence-electron chi connectivity index (χ3n) is 5.19. The third kappa shape index (κ3) is 1.70. The Labute approximate surface area is 103 Å². The zero-order valence-corrected chi connectivity index (χ0v) is 11.8. The van der Waals surface area contributed by atoms with Gasteiger partial charge in [-0.15, -0.1) is 0 Å². The molecule has 2 unspecified atom stereocenters. The predicted molar refractivity (Wildman–Crippen MR) is 65.8 cm³/mol. The second kappa shape index (κ2) is 3.46. The van der Waals surface area contributed by atoms with E-state index in [4.69, 9.17) is 0 Å². The van der Waals surface area contributed by atoms with Crippen LogP contribution in [0.25, 0.3) is 0 Å². The fourth-order valence-corrected chi connectivity index (χ4v) is 5.64. The summed E-state index contributed by atoms with van der Waals surface area (Å²) in [6, 6.07) is 0. The molecule has 98 valence electrons. The fourth-order valence-electron chi connectivity index (χ4n) is 3.36. The lowest BCUT2D eigenvalue weighted by Gasteiger charge is -2.38. The number of carbonyl (C=O) groups excluding carboxylic acids is 1. The van der Waals surface area contributed by atoms with Gasteiger partial charge in [0.05, 0.1) is 5.75 Å². The van der Waals surface area contributed by atoms with E-state index in [0.29, 0.717) is 6.54 Å². The lowest BCUT2D eigenvalue weighted by atomic mass is 9.67. The van der Waals surface area contributed by atoms with Crippen LogP contribution in [0.15, 0.2) is 0 Å². The molecule has 0 aromatic heterocycles. The number of nitrogens with zero attached hydrogens (tertiary/aromatic N) is 1. The number of hydrogen-bond acceptors (Lipinski definition) is 3. The van der Waals surface area contributed by atoms with E-state index in [1.54, 1.807) is 0 Å². The van der Waals surface area contributed by atoms with Crippen LogP contribution < -0.4 is 0 Å². The molecule has 0 aromatic carbocycles. The van der Waals surface area contributed by atoms with Crippen LogP contribution in [0, 0.1) is 16.7 Å². The SMILES string of the molecule is CC(=O)N1CC2CCC(C)(CS1(=O)=O)C2(C)C. The molecule has 2 rings (SSSR count). The Morgan fingerprint density at radius 1 is 1.29 bits per heavy atom. The molecule has 5 heteroatoms. The highest BCUT2D eigenvalue weighted by Gasteiger charge is 2.57. The van der Waals surface area contributed by atoms with Gasteiger partial charge in [0.25, 0.3) is 0 Å². The minimum absolute atomic E-state index is 0.0235. The fraction of sp³-hybridized carbons (Fsp3) is 0.917. The molecular formula is C12H21NO3S. The van der Waals surface area contributed by atoms with Gasteiger partial charge in [0.1, 0.15) is 0 Å². The van der Waals surface area contributed by atoms with Gasteiger partial charge in [0.15, 0.2) is 0 Å². The molecule has 2 aliphatic rings. The van der Waals surface area contributed by atoms with E-state index in [-0.39, 0.29) is 28.4 Å². The standard InChI is InChI=1S/C12H21NO3S/c1-9(14)13-7-10-5-6-12(4,11(10,2)3)8-17(13,15)16/h10H,5-8H2,1-4H3. The Bertz CT molecular complexity index is 454. The van der Waals surface area contributed by atoms with Crippen molar-refractivity contribution in [1.82, 2.24) is 4.31 Å². The van der Waals surface area contributed by atoms with Crippen LogP contribution in [-0.2, 0) is 14.8 Å². The molecule has 1 aliphatic heterocycles. The molecule has 2 atom stereocenters. The second-order valence-electron chi connectivity index (χ2n) is 6.32. The third-order valence-corrected chi connectivity index (χ3v) is 7.27. The normalized spacial score (nSPS) is 38.8. The summed E-state index contributed by atoms with van der Waals surface area (Å²) in [6.07, 6.45) is 1.96. The first-order valence-electron chi connectivity index (χ1n) is 6.11. The summed E-state index contributed by atoms with van der Waals surface area (Å²) < 4.78 is 25.5. The maximum absolute atomic E-state index is 12.2. The van der Waals surface area contributed by atoms with Crippen LogP contribution in [0.1, 0.15) is 40.5 Å². The Morgan fingerprint density at radius 3 is 2.41 bits per heavy atom. The Kier molecular flexibility index (Phi) is 2.62. The van der Waals surface area contributed by atoms with Crippen molar-refractivity contribution in [2.24, 2.45) is 16.7 Å². The van der Waals surface area contributed by atoms with Crippen molar-refractivity contribution in [2.45, 2.75) is 40.5 Å². The van der Waals surface area contributed by atoms with Crippen LogP contribution in [0.5, 0.6) is 0 Å². The van der Waals surface area contributed by atoms with Crippen molar-refractivity contribution < 1.29 is 13.2 Å². The van der Waals surface area contributed by atoms with Gasteiger partial charge in [-0.25, -0.2) is 12.7 Å². The minimum Gasteiger partial charge on any atom is -0.274 e. The summed E-state index contributed by atoms with van der Waals surface area (Å²) in [6.45, 7) is 8.04. The van der Waals surface area contributed by atoms with E-state index >= 15 is 0 Å². The Hall–Kier alpha value is -0.580. The van der Waals surface area contributed by atoms with Gasteiger partial charge in [-0.3, -0.25) is 4.79 Å². The first-order chi connectivity index (χ1) is 7.60. The molecule has 1 heterocycles. The molecule has 1 saturated heterocycles. The summed E-state index contributed by atoms with van der Waals surface area (Å²) in [5.74, 6) is 0.0360. The topological polar surface area (TPSA) is 54.5 Å². The number of amides is 1. The van der Waals surface area contributed by atoms with Crippen LogP contribution in [0.2, 0.25) is 0 Å². The lowest BCUT2D eigenvalue weighted by molar-refractivity contribution is -0.124. The van der Waals surface area contributed by atoms with E-state index < -0.39 is 10.0 Å². The minimum atomic E-state index is -3.44. The van der Waals surface area contributed by atoms with Crippen molar-refractivity contribution >= 4 is 15.9 Å². The maximum Gasteiger partial charge on any atom is 0.237 e. The van der Waals surface area contributed by atoms with Crippen molar-refractivity contribution in [1.29, 1.82) is 0 Å². The Balaban J connectivity index is 2.50. The van der Waals surface area contributed by atoms with Gasteiger partial charge in [-0.1, -0.05) is 20.8 Å². The number of carbonyl (C=O) groups is 1. The van der Waals surface area contributed by atoms with Crippen molar-refractivity contribution in [2.75, 3.05) is 12.3 Å². The molecular weight excluding hydrogens is 238 g/mol. The predicted octanol–water partition coefficient (Wildman–Crippen LogP) is 1.62. The second-order valence-corrected chi connectivity index (χ2v) is 8.22. The molecule has 1 aliphatic carbocycles. The average Bonchev–Trinajstić information content (AvgIpc) is 2.29. The maximum atomic E-state index is 12.2. The van der Waals surface area contributed by atoms with Crippen molar-refractivity contribution in [3.8, 4) is 0 Å². The summed E-state index contributed by atoms with van der Waals surface area (Å²) in [4.78, 5) is 11.5. The van der Waals surface area contributed by atoms with Gasteiger partial charge in [-0.2, -0.15) is 0 Å². The van der Waals surface area contributed by atoms with Crippen LogP contribution >= 0.6 is 0 Å². The molecule has 2 bridgehead atoms. The first-order valence-corrected chi connectivity index (χ1v) is 7.72. The summed E-state index contributed by atoms with van der Waals surface area (Å²) in [5, 5.41) is 0. The monoisotopic (exact) mass is 259 g/mol. The van der Waals surface area contributed by atoms with Gasteiger partial charge in [-0.05, 0) is 29.6 Å². The molecule has 0 N–H and O–H groups in total. The number of rotatable bonds is 0. The number of sulfonamides is 1. The van der Waals surface area contributed by atoms with E-state index in [1.807, 2.05) is 6.92 Å². The summed E-state index contributed by atoms with van der Waals surface area (Å²) in [7, 11) is -3.44. The van der Waals surface area contributed by atoms with Crippen LogP contribution in [0.4, 0.5) is 0 Å². The highest BCUT2D eigenvalue weighted by Crippen LogP contribution is 2.58. The molecule has 1 amide bonds. The molecule has 2 fully saturated rings. The highest BCUT2D eigenvalue weighted by atomic mass is 32.2. The smallest absolute Gasteiger partial charge is 0.237 e. The van der Waals surface area contributed by atoms with E-state index in [2.05, 4.69) is 13.8 Å². The van der Waals surface area contributed by atoms with Crippen LogP contribution in [-0.4, -0.2) is 30.9 Å².